The standard InChI is InChI=1S/C11H9FN2O2/c12-4-3-9-11(16)14-10-5-7(6-15)1-2-8(10)13-9/h1-2,5-6H,3-4H2,(H,14,16). The number of halogens is 1. The molecule has 0 aliphatic carbocycles. The molecule has 0 bridgehead atoms. The van der Waals surface area contributed by atoms with Gasteiger partial charge in [-0.1, -0.05) is 0 Å². The minimum atomic E-state index is -0.617. The van der Waals surface area contributed by atoms with Gasteiger partial charge in [0.1, 0.15) is 12.0 Å². The number of alkyl halides is 1. The van der Waals surface area contributed by atoms with Gasteiger partial charge in [0.25, 0.3) is 5.56 Å². The normalized spacial score (nSPS) is 10.6. The number of aryl methyl sites for hydroxylation is 1. The largest absolute Gasteiger partial charge is 0.319 e. The molecular weight excluding hydrogens is 211 g/mol. The van der Waals surface area contributed by atoms with Crippen molar-refractivity contribution in [1.82, 2.24) is 9.97 Å². The van der Waals surface area contributed by atoms with Crippen molar-refractivity contribution in [2.24, 2.45) is 0 Å². The molecule has 2 aromatic rings. The monoisotopic (exact) mass is 220 g/mol. The molecule has 0 saturated heterocycles. The number of benzene rings is 1. The summed E-state index contributed by atoms with van der Waals surface area (Å²) in [6.45, 7) is -0.617. The average molecular weight is 220 g/mol. The highest BCUT2D eigenvalue weighted by atomic mass is 19.1. The van der Waals surface area contributed by atoms with E-state index in [1.807, 2.05) is 0 Å². The predicted molar refractivity (Wildman–Crippen MR) is 57.4 cm³/mol. The van der Waals surface area contributed by atoms with Gasteiger partial charge < -0.3 is 4.98 Å². The Kier molecular flexibility index (Phi) is 2.76. The molecule has 0 radical (unpaired) electrons. The Morgan fingerprint density at radius 3 is 2.94 bits per heavy atom. The maximum atomic E-state index is 12.1. The Balaban J connectivity index is 2.64. The van der Waals surface area contributed by atoms with Crippen LogP contribution < -0.4 is 5.56 Å². The van der Waals surface area contributed by atoms with Crippen molar-refractivity contribution < 1.29 is 9.18 Å². The molecular formula is C11H9FN2O2. The van der Waals surface area contributed by atoms with Gasteiger partial charge in [-0.3, -0.25) is 14.0 Å². The van der Waals surface area contributed by atoms with Crippen LogP contribution in [-0.4, -0.2) is 22.9 Å². The van der Waals surface area contributed by atoms with E-state index >= 15 is 0 Å². The van der Waals surface area contributed by atoms with E-state index in [4.69, 9.17) is 0 Å². The van der Waals surface area contributed by atoms with Crippen LogP contribution in [0.15, 0.2) is 23.0 Å². The summed E-state index contributed by atoms with van der Waals surface area (Å²) in [6.07, 6.45) is 0.688. The molecule has 0 unspecified atom stereocenters. The Morgan fingerprint density at radius 1 is 1.44 bits per heavy atom. The van der Waals surface area contributed by atoms with E-state index in [0.717, 1.165) is 0 Å². The SMILES string of the molecule is O=Cc1ccc2nc(CCF)c(=O)[nH]c2c1. The van der Waals surface area contributed by atoms with Gasteiger partial charge in [0.2, 0.25) is 0 Å². The van der Waals surface area contributed by atoms with Crippen molar-refractivity contribution in [3.8, 4) is 0 Å². The van der Waals surface area contributed by atoms with E-state index in [1.165, 1.54) is 6.07 Å². The summed E-state index contributed by atoms with van der Waals surface area (Å²) in [5.74, 6) is 0. The highest BCUT2D eigenvalue weighted by Crippen LogP contribution is 2.09. The van der Waals surface area contributed by atoms with Crippen molar-refractivity contribution >= 4 is 17.3 Å². The second-order valence-corrected chi connectivity index (χ2v) is 3.35. The summed E-state index contributed by atoms with van der Waals surface area (Å²) >= 11 is 0. The van der Waals surface area contributed by atoms with Gasteiger partial charge >= 0.3 is 0 Å². The van der Waals surface area contributed by atoms with Crippen LogP contribution in [0.1, 0.15) is 16.1 Å². The van der Waals surface area contributed by atoms with Gasteiger partial charge in [0, 0.05) is 12.0 Å². The number of aromatic nitrogens is 2. The first-order chi connectivity index (χ1) is 7.74. The number of aldehydes is 1. The van der Waals surface area contributed by atoms with Crippen LogP contribution in [0.2, 0.25) is 0 Å². The average Bonchev–Trinajstić information content (AvgIpc) is 2.30. The lowest BCUT2D eigenvalue weighted by Gasteiger charge is -2.01. The molecule has 0 spiro atoms. The second-order valence-electron chi connectivity index (χ2n) is 3.35. The Hall–Kier alpha value is -2.04. The summed E-state index contributed by atoms with van der Waals surface area (Å²) in [6, 6.07) is 4.76. The van der Waals surface area contributed by atoms with Gasteiger partial charge in [0.05, 0.1) is 17.7 Å². The maximum absolute atomic E-state index is 12.1. The summed E-state index contributed by atoms with van der Waals surface area (Å²) < 4.78 is 12.1. The van der Waals surface area contributed by atoms with E-state index in [9.17, 15) is 14.0 Å². The van der Waals surface area contributed by atoms with Gasteiger partial charge in [-0.2, -0.15) is 0 Å². The molecule has 5 heteroatoms. The van der Waals surface area contributed by atoms with Crippen LogP contribution in [0.3, 0.4) is 0 Å². The lowest BCUT2D eigenvalue weighted by atomic mass is 10.2. The number of carbonyl (C=O) groups is 1. The molecule has 0 aliphatic heterocycles. The maximum Gasteiger partial charge on any atom is 0.270 e. The van der Waals surface area contributed by atoms with E-state index in [0.29, 0.717) is 22.9 Å². The lowest BCUT2D eigenvalue weighted by molar-refractivity contribution is 0.112. The van der Waals surface area contributed by atoms with Gasteiger partial charge in [-0.05, 0) is 18.2 Å². The molecule has 1 aromatic carbocycles. The summed E-state index contributed by atoms with van der Waals surface area (Å²) in [4.78, 5) is 28.6. The van der Waals surface area contributed by atoms with Crippen LogP contribution in [-0.2, 0) is 6.42 Å². The number of nitrogens with one attached hydrogen (secondary N) is 1. The lowest BCUT2D eigenvalue weighted by Crippen LogP contribution is -2.15. The van der Waals surface area contributed by atoms with Crippen molar-refractivity contribution in [2.45, 2.75) is 6.42 Å². The molecule has 1 heterocycles. The Bertz CT molecular complexity index is 592. The summed E-state index contributed by atoms with van der Waals surface area (Å²) in [5, 5.41) is 0. The molecule has 0 atom stereocenters. The number of nitrogens with zero attached hydrogens (tertiary/aromatic N) is 1. The number of fused-ring (bicyclic) bond motifs is 1. The quantitative estimate of drug-likeness (QED) is 0.792. The third-order valence-corrected chi connectivity index (χ3v) is 2.25. The number of hydrogen-bond acceptors (Lipinski definition) is 3. The molecule has 1 aromatic heterocycles. The number of aromatic amines is 1. The van der Waals surface area contributed by atoms with Crippen LogP contribution in [0.25, 0.3) is 11.0 Å². The first-order valence-electron chi connectivity index (χ1n) is 4.78. The minimum absolute atomic E-state index is 0.000700. The van der Waals surface area contributed by atoms with Crippen molar-refractivity contribution in [2.75, 3.05) is 6.67 Å². The van der Waals surface area contributed by atoms with Gasteiger partial charge in [-0.25, -0.2) is 4.98 Å². The molecule has 0 saturated carbocycles. The van der Waals surface area contributed by atoms with Crippen LogP contribution in [0.5, 0.6) is 0 Å². The predicted octanol–water partition coefficient (Wildman–Crippen LogP) is 1.25. The van der Waals surface area contributed by atoms with Crippen LogP contribution in [0.4, 0.5) is 4.39 Å². The van der Waals surface area contributed by atoms with Gasteiger partial charge in [0.15, 0.2) is 0 Å². The molecule has 2 rings (SSSR count). The molecule has 0 fully saturated rings. The third-order valence-electron chi connectivity index (χ3n) is 2.25. The highest BCUT2D eigenvalue weighted by Gasteiger charge is 2.04. The summed E-state index contributed by atoms with van der Waals surface area (Å²) in [5.41, 5.74) is 1.26. The smallest absolute Gasteiger partial charge is 0.270 e. The second kappa shape index (κ2) is 4.22. The highest BCUT2D eigenvalue weighted by molar-refractivity contribution is 5.84. The van der Waals surface area contributed by atoms with E-state index in [2.05, 4.69) is 9.97 Å². The molecule has 0 amide bonds. The molecule has 0 aliphatic rings. The fourth-order valence-corrected chi connectivity index (χ4v) is 1.47. The van der Waals surface area contributed by atoms with E-state index in [-0.39, 0.29) is 12.1 Å². The number of carbonyl (C=O) groups excluding carboxylic acids is 1. The van der Waals surface area contributed by atoms with Crippen molar-refractivity contribution in [1.29, 1.82) is 0 Å². The molecule has 16 heavy (non-hydrogen) atoms. The third kappa shape index (κ3) is 1.84. The zero-order chi connectivity index (χ0) is 11.5. The van der Waals surface area contributed by atoms with Crippen LogP contribution >= 0.6 is 0 Å². The number of H-pyrrole nitrogens is 1. The fraction of sp³-hybridized carbons (Fsp3) is 0.182. The van der Waals surface area contributed by atoms with Crippen LogP contribution in [0, 0.1) is 0 Å². The first-order valence-corrected chi connectivity index (χ1v) is 4.78. The number of rotatable bonds is 3. The topological polar surface area (TPSA) is 62.8 Å². The Morgan fingerprint density at radius 2 is 2.25 bits per heavy atom. The molecule has 4 nitrogen and oxygen atoms in total. The minimum Gasteiger partial charge on any atom is -0.319 e. The number of hydrogen-bond donors (Lipinski definition) is 1. The molecule has 82 valence electrons. The van der Waals surface area contributed by atoms with Crippen molar-refractivity contribution in [3.63, 3.8) is 0 Å². The first kappa shape index (κ1) is 10.5. The zero-order valence-corrected chi connectivity index (χ0v) is 8.37. The fourth-order valence-electron chi connectivity index (χ4n) is 1.47. The summed E-state index contributed by atoms with van der Waals surface area (Å²) in [7, 11) is 0. The van der Waals surface area contributed by atoms with Crippen molar-refractivity contribution in [3.05, 3.63) is 39.8 Å². The zero-order valence-electron chi connectivity index (χ0n) is 8.37. The Labute approximate surface area is 90.1 Å². The van der Waals surface area contributed by atoms with E-state index in [1.54, 1.807) is 12.1 Å². The van der Waals surface area contributed by atoms with E-state index < -0.39 is 12.2 Å². The van der Waals surface area contributed by atoms with Gasteiger partial charge in [-0.15, -0.1) is 0 Å². The molecule has 1 N–H and O–H groups in total.